The topological polar surface area (TPSA) is 225 Å². The van der Waals surface area contributed by atoms with E-state index < -0.39 is 0 Å². The lowest BCUT2D eigenvalue weighted by molar-refractivity contribution is 0.728. The van der Waals surface area contributed by atoms with Gasteiger partial charge in [-0.25, -0.2) is 15.0 Å². The lowest BCUT2D eigenvalue weighted by Gasteiger charge is -1.90. The highest BCUT2D eigenvalue weighted by Gasteiger charge is 2.05. The maximum absolute atomic E-state index is 4.23. The van der Waals surface area contributed by atoms with E-state index in [9.17, 15) is 0 Å². The van der Waals surface area contributed by atoms with Gasteiger partial charge in [0.15, 0.2) is 0 Å². The van der Waals surface area contributed by atoms with Gasteiger partial charge in [0, 0.05) is 86.2 Å². The second-order valence-corrected chi connectivity index (χ2v) is 18.9. The molecule has 76 heavy (non-hydrogen) atoms. The van der Waals surface area contributed by atoms with Gasteiger partial charge in [0.05, 0.1) is 22.8 Å². The summed E-state index contributed by atoms with van der Waals surface area (Å²) in [5, 5.41) is 44.3. The number of hydrogen-bond donors (Lipinski definition) is 0. The van der Waals surface area contributed by atoms with Crippen LogP contribution in [0, 0.1) is 152 Å². The van der Waals surface area contributed by atoms with Crippen LogP contribution in [0.25, 0.3) is 0 Å². The Morgan fingerprint density at radius 3 is 0.421 bits per heavy atom. The third kappa shape index (κ3) is 20.3. The summed E-state index contributed by atoms with van der Waals surface area (Å²) in [6.07, 6.45) is 0. The molecule has 0 aromatic carbocycles. The Hall–Kier alpha value is -7.46. The van der Waals surface area contributed by atoms with Crippen LogP contribution in [0.1, 0.15) is 126 Å². The molecule has 0 atom stereocenters. The summed E-state index contributed by atoms with van der Waals surface area (Å²) in [5.41, 5.74) is 14.8. The predicted octanol–water partition coefficient (Wildman–Crippen LogP) is 7.54. The SMILES string of the molecule is Cc1nc(C)n(C)n1.Cc1nc(C)n(C)n1.Cc1nc(C)n(C)n1.Cc1nn(C)c(C)c1C.Cc1nn(C)c(C)c1C.Cc1nn(C)c(C)c1C.Cc1nn(C)c(C)c1C.Cc1nnc(C)n1C.Cc1nnc(C)n1C. The van der Waals surface area contributed by atoms with Crippen LogP contribution in [0.4, 0.5) is 0 Å². The quantitative estimate of drug-likeness (QED) is 0.143. The number of aromatic nitrogens is 23. The Labute approximate surface area is 453 Å². The van der Waals surface area contributed by atoms with Crippen molar-refractivity contribution < 1.29 is 0 Å². The van der Waals surface area contributed by atoms with Crippen molar-refractivity contribution >= 4 is 0 Å². The third-order valence-corrected chi connectivity index (χ3v) is 13.4. The molecule has 23 heteroatoms. The average Bonchev–Trinajstić information content (AvgIpc) is 4.23. The molecule has 0 fully saturated rings. The first-order valence-electron chi connectivity index (χ1n) is 25.1. The molecule has 0 aliphatic rings. The number of nitrogens with zero attached hydrogens (tertiary/aromatic N) is 23. The van der Waals surface area contributed by atoms with Gasteiger partial charge in [-0.05, 0) is 175 Å². The molecule has 0 unspecified atom stereocenters. The van der Waals surface area contributed by atoms with Crippen LogP contribution in [0.3, 0.4) is 0 Å². The first kappa shape index (κ1) is 66.6. The molecule has 0 saturated carbocycles. The van der Waals surface area contributed by atoms with Crippen LogP contribution in [0.2, 0.25) is 0 Å². The lowest BCUT2D eigenvalue weighted by atomic mass is 10.2. The first-order chi connectivity index (χ1) is 35.0. The minimum Gasteiger partial charge on any atom is -0.319 e. The van der Waals surface area contributed by atoms with E-state index in [1.165, 1.54) is 45.0 Å². The van der Waals surface area contributed by atoms with Gasteiger partial charge >= 0.3 is 0 Å². The van der Waals surface area contributed by atoms with Gasteiger partial charge < -0.3 is 9.13 Å². The zero-order valence-corrected chi connectivity index (χ0v) is 52.3. The van der Waals surface area contributed by atoms with Crippen molar-refractivity contribution in [2.45, 2.75) is 152 Å². The summed E-state index contributed by atoms with van der Waals surface area (Å²) in [4.78, 5) is 12.2. The number of rotatable bonds is 0. The molecule has 9 rings (SSSR count). The van der Waals surface area contributed by atoms with Gasteiger partial charge in [0.1, 0.15) is 58.2 Å². The Kier molecular flexibility index (Phi) is 26.4. The summed E-state index contributed by atoms with van der Waals surface area (Å²) in [6, 6.07) is 0. The monoisotopic (exact) mass is 1050 g/mol. The maximum Gasteiger partial charge on any atom is 0.147 e. The van der Waals surface area contributed by atoms with Gasteiger partial charge in [-0.15, -0.1) is 20.4 Å². The molecule has 420 valence electrons. The summed E-state index contributed by atoms with van der Waals surface area (Å²) in [7, 11) is 17.4. The van der Waals surface area contributed by atoms with Crippen LogP contribution in [0.15, 0.2) is 0 Å². The van der Waals surface area contributed by atoms with Crippen LogP contribution in [-0.4, -0.2) is 113 Å². The van der Waals surface area contributed by atoms with E-state index in [0.29, 0.717) is 0 Å². The van der Waals surface area contributed by atoms with Gasteiger partial charge in [-0.3, -0.25) is 32.8 Å². The molecule has 0 aliphatic heterocycles. The molecule has 9 heterocycles. The lowest BCUT2D eigenvalue weighted by Crippen LogP contribution is -1.92. The summed E-state index contributed by atoms with van der Waals surface area (Å²) >= 11 is 0. The van der Waals surface area contributed by atoms with Crippen LogP contribution in [-0.2, 0) is 63.4 Å². The number of aryl methyl sites for hydroxylation is 21. The van der Waals surface area contributed by atoms with E-state index in [1.807, 2.05) is 188 Å². The average molecular weight is 1050 g/mol. The van der Waals surface area contributed by atoms with Crippen LogP contribution >= 0.6 is 0 Å². The molecule has 0 aliphatic carbocycles. The zero-order valence-electron chi connectivity index (χ0n) is 52.3. The molecule has 23 nitrogen and oxygen atoms in total. The van der Waals surface area contributed by atoms with Crippen molar-refractivity contribution in [1.29, 1.82) is 0 Å². The Morgan fingerprint density at radius 1 is 0.211 bits per heavy atom. The molecular weight excluding hydrogens is 959 g/mol. The minimum atomic E-state index is 0.838. The van der Waals surface area contributed by atoms with Gasteiger partial charge in [0.2, 0.25) is 0 Å². The largest absolute Gasteiger partial charge is 0.319 e. The second-order valence-electron chi connectivity index (χ2n) is 18.9. The minimum absolute atomic E-state index is 0.838. The molecule has 9 aromatic rings. The van der Waals surface area contributed by atoms with E-state index in [0.717, 1.165) is 81.0 Å². The molecule has 0 N–H and O–H groups in total. The molecule has 9 aromatic heterocycles. The van der Waals surface area contributed by atoms with Crippen molar-refractivity contribution in [3.8, 4) is 0 Å². The fourth-order valence-electron chi connectivity index (χ4n) is 6.40. The summed E-state index contributed by atoms with van der Waals surface area (Å²) < 4.78 is 16.8. The maximum atomic E-state index is 4.23. The molecular formula is C53H93N23. The van der Waals surface area contributed by atoms with E-state index in [1.54, 1.807) is 14.0 Å². The summed E-state index contributed by atoms with van der Waals surface area (Å²) in [6.45, 7) is 44.0. The fraction of sp³-hybridized carbons (Fsp3) is 0.585. The highest BCUT2D eigenvalue weighted by atomic mass is 15.3. The van der Waals surface area contributed by atoms with Gasteiger partial charge in [-0.1, -0.05) is 0 Å². The van der Waals surface area contributed by atoms with Gasteiger partial charge in [-0.2, -0.15) is 35.7 Å². The fourth-order valence-corrected chi connectivity index (χ4v) is 6.40. The highest BCUT2D eigenvalue weighted by molar-refractivity contribution is 5.23. The zero-order chi connectivity index (χ0) is 58.8. The normalized spacial score (nSPS) is 10.0. The van der Waals surface area contributed by atoms with E-state index >= 15 is 0 Å². The molecule has 0 spiro atoms. The smallest absolute Gasteiger partial charge is 0.147 e. The van der Waals surface area contributed by atoms with Gasteiger partial charge in [0.25, 0.3) is 0 Å². The van der Waals surface area contributed by atoms with Crippen molar-refractivity contribution in [3.63, 3.8) is 0 Å². The van der Waals surface area contributed by atoms with Crippen molar-refractivity contribution in [2.24, 2.45) is 63.4 Å². The standard InChI is InChI=1S/4C7H12N2.5C5H9N3/c4*1-5-6(2)8-9(4)7(5)3;2*1-4-6-7-5(2)8(4)3;3*1-4-6-5(2)8(3)7-4/h4*1-4H3;5*1-3H3. The molecule has 0 radical (unpaired) electrons. The molecule has 0 saturated heterocycles. The van der Waals surface area contributed by atoms with Crippen molar-refractivity contribution in [1.82, 2.24) is 113 Å². The Bertz CT molecular complexity index is 2640. The van der Waals surface area contributed by atoms with Crippen molar-refractivity contribution in [3.05, 3.63) is 126 Å². The Morgan fingerprint density at radius 2 is 0.382 bits per heavy atom. The predicted molar refractivity (Wildman–Crippen MR) is 302 cm³/mol. The Balaban J connectivity index is 0.000000428. The van der Waals surface area contributed by atoms with Crippen molar-refractivity contribution in [2.75, 3.05) is 0 Å². The first-order valence-corrected chi connectivity index (χ1v) is 25.1. The molecule has 0 bridgehead atoms. The number of hydrogen-bond acceptors (Lipinski definition) is 14. The second kappa shape index (κ2) is 30.2. The van der Waals surface area contributed by atoms with E-state index in [2.05, 4.69) is 126 Å². The molecule has 0 amide bonds. The van der Waals surface area contributed by atoms with Crippen LogP contribution in [0.5, 0.6) is 0 Å². The van der Waals surface area contributed by atoms with E-state index in [4.69, 9.17) is 0 Å². The highest BCUT2D eigenvalue weighted by Crippen LogP contribution is 2.11. The van der Waals surface area contributed by atoms with Crippen LogP contribution < -0.4 is 0 Å². The third-order valence-electron chi connectivity index (χ3n) is 13.4. The van der Waals surface area contributed by atoms with E-state index in [-0.39, 0.29) is 0 Å². The summed E-state index contributed by atoms with van der Waals surface area (Å²) in [5.74, 6) is 9.24.